The van der Waals surface area contributed by atoms with Crippen LogP contribution in [0, 0.1) is 5.41 Å². The lowest BCUT2D eigenvalue weighted by Crippen LogP contribution is -2.57. The Hall–Kier alpha value is -0.480. The first-order valence-electron chi connectivity index (χ1n) is 6.26. The number of nitrogens with zero attached hydrogens (tertiary/aromatic N) is 1. The molecular weight excluding hydrogens is 285 g/mol. The molecule has 5 heteroatoms. The summed E-state index contributed by atoms with van der Waals surface area (Å²) in [5.74, 6) is 0.679. The van der Waals surface area contributed by atoms with Crippen molar-refractivity contribution >= 4 is 23.2 Å². The molecule has 106 valence electrons. The van der Waals surface area contributed by atoms with Crippen LogP contribution in [-0.2, 0) is 4.74 Å². The zero-order chi connectivity index (χ0) is 14.1. The first-order valence-corrected chi connectivity index (χ1v) is 7.01. The highest BCUT2D eigenvalue weighted by atomic mass is 35.5. The lowest BCUT2D eigenvalue weighted by molar-refractivity contribution is -0.879. The van der Waals surface area contributed by atoms with Crippen LogP contribution in [0.4, 0.5) is 0 Å². The van der Waals surface area contributed by atoms with E-state index >= 15 is 0 Å². The number of rotatable bonds is 5. The SMILES string of the molecule is C[N+](C)(C)CC1(COc2ccc(Cl)cc2Cl)COC1. The van der Waals surface area contributed by atoms with Gasteiger partial charge in [0.2, 0.25) is 0 Å². The molecule has 1 aliphatic heterocycles. The van der Waals surface area contributed by atoms with Crippen molar-refractivity contribution in [2.45, 2.75) is 0 Å². The first-order chi connectivity index (χ1) is 8.80. The van der Waals surface area contributed by atoms with Gasteiger partial charge in [-0.2, -0.15) is 0 Å². The Morgan fingerprint density at radius 1 is 1.26 bits per heavy atom. The minimum atomic E-state index is 0.0845. The molecule has 2 rings (SSSR count). The van der Waals surface area contributed by atoms with Crippen LogP contribution in [0.3, 0.4) is 0 Å². The van der Waals surface area contributed by atoms with Gasteiger partial charge in [0, 0.05) is 5.02 Å². The molecule has 1 saturated heterocycles. The number of quaternary nitrogens is 1. The van der Waals surface area contributed by atoms with Gasteiger partial charge in [0.05, 0.1) is 51.3 Å². The molecule has 0 saturated carbocycles. The lowest BCUT2D eigenvalue weighted by atomic mass is 9.86. The molecule has 0 bridgehead atoms. The largest absolute Gasteiger partial charge is 0.491 e. The van der Waals surface area contributed by atoms with Gasteiger partial charge in [-0.3, -0.25) is 0 Å². The van der Waals surface area contributed by atoms with Crippen LogP contribution in [0.15, 0.2) is 18.2 Å². The van der Waals surface area contributed by atoms with E-state index in [-0.39, 0.29) is 5.41 Å². The Bertz CT molecular complexity index is 453. The monoisotopic (exact) mass is 304 g/mol. The van der Waals surface area contributed by atoms with Gasteiger partial charge in [-0.15, -0.1) is 0 Å². The van der Waals surface area contributed by atoms with Gasteiger partial charge in [-0.05, 0) is 18.2 Å². The summed E-state index contributed by atoms with van der Waals surface area (Å²) < 4.78 is 12.1. The van der Waals surface area contributed by atoms with E-state index in [4.69, 9.17) is 32.7 Å². The van der Waals surface area contributed by atoms with Crippen molar-refractivity contribution < 1.29 is 14.0 Å². The zero-order valence-electron chi connectivity index (χ0n) is 11.6. The van der Waals surface area contributed by atoms with Crippen molar-refractivity contribution in [3.63, 3.8) is 0 Å². The van der Waals surface area contributed by atoms with Crippen molar-refractivity contribution in [3.05, 3.63) is 28.2 Å². The minimum absolute atomic E-state index is 0.0845. The first kappa shape index (κ1) is 14.9. The predicted molar refractivity (Wildman–Crippen MR) is 78.1 cm³/mol. The van der Waals surface area contributed by atoms with Gasteiger partial charge >= 0.3 is 0 Å². The molecule has 0 spiro atoms. The zero-order valence-corrected chi connectivity index (χ0v) is 13.1. The summed E-state index contributed by atoms with van der Waals surface area (Å²) in [6, 6.07) is 5.29. The van der Waals surface area contributed by atoms with E-state index in [9.17, 15) is 0 Å². The molecule has 1 aliphatic rings. The third-order valence-corrected chi connectivity index (χ3v) is 3.58. The summed E-state index contributed by atoms with van der Waals surface area (Å²) in [6.45, 7) is 3.11. The Morgan fingerprint density at radius 3 is 2.42 bits per heavy atom. The van der Waals surface area contributed by atoms with Crippen molar-refractivity contribution in [3.8, 4) is 5.75 Å². The summed E-state index contributed by atoms with van der Waals surface area (Å²) in [7, 11) is 6.53. The Morgan fingerprint density at radius 2 is 1.95 bits per heavy atom. The van der Waals surface area contributed by atoms with Gasteiger partial charge < -0.3 is 14.0 Å². The summed E-state index contributed by atoms with van der Waals surface area (Å²) in [5, 5.41) is 1.17. The third-order valence-electron chi connectivity index (χ3n) is 3.05. The highest BCUT2D eigenvalue weighted by molar-refractivity contribution is 6.35. The van der Waals surface area contributed by atoms with Gasteiger partial charge in [0.25, 0.3) is 0 Å². The summed E-state index contributed by atoms with van der Waals surface area (Å²) in [4.78, 5) is 0. The van der Waals surface area contributed by atoms with Crippen LogP contribution in [0.2, 0.25) is 10.0 Å². The van der Waals surface area contributed by atoms with Crippen LogP contribution in [0.1, 0.15) is 0 Å². The van der Waals surface area contributed by atoms with E-state index in [0.717, 1.165) is 24.2 Å². The molecule has 19 heavy (non-hydrogen) atoms. The topological polar surface area (TPSA) is 18.5 Å². The van der Waals surface area contributed by atoms with Crippen molar-refractivity contribution in [2.24, 2.45) is 5.41 Å². The molecule has 0 unspecified atom stereocenters. The van der Waals surface area contributed by atoms with Gasteiger partial charge in [-0.25, -0.2) is 0 Å². The number of hydrogen-bond donors (Lipinski definition) is 0. The molecule has 1 heterocycles. The molecule has 0 atom stereocenters. The average molecular weight is 305 g/mol. The average Bonchev–Trinajstić information content (AvgIpc) is 2.22. The highest BCUT2D eigenvalue weighted by Gasteiger charge is 2.44. The summed E-state index contributed by atoms with van der Waals surface area (Å²) in [6.07, 6.45) is 0. The van der Waals surface area contributed by atoms with E-state index in [2.05, 4.69) is 21.1 Å². The van der Waals surface area contributed by atoms with Crippen LogP contribution in [0.25, 0.3) is 0 Å². The predicted octanol–water partition coefficient (Wildman–Crippen LogP) is 3.10. The third kappa shape index (κ3) is 3.99. The van der Waals surface area contributed by atoms with Gasteiger partial charge in [-0.1, -0.05) is 23.2 Å². The number of halogens is 2. The van der Waals surface area contributed by atoms with E-state index in [1.807, 2.05) is 6.07 Å². The molecule has 0 N–H and O–H groups in total. The molecule has 0 aliphatic carbocycles. The number of ether oxygens (including phenoxy) is 2. The van der Waals surface area contributed by atoms with Gasteiger partial charge in [0.15, 0.2) is 0 Å². The van der Waals surface area contributed by atoms with Crippen molar-refractivity contribution in [2.75, 3.05) is 47.5 Å². The molecule has 0 aromatic heterocycles. The maximum absolute atomic E-state index is 6.11. The second-order valence-corrected chi connectivity index (χ2v) is 7.15. The second kappa shape index (κ2) is 5.49. The van der Waals surface area contributed by atoms with Crippen molar-refractivity contribution in [1.82, 2.24) is 0 Å². The number of benzene rings is 1. The molecular formula is C14H20Cl2NO2+. The van der Waals surface area contributed by atoms with E-state index < -0.39 is 0 Å². The molecule has 3 nitrogen and oxygen atoms in total. The maximum Gasteiger partial charge on any atom is 0.138 e. The van der Waals surface area contributed by atoms with E-state index in [1.165, 1.54) is 0 Å². The molecule has 1 fully saturated rings. The van der Waals surface area contributed by atoms with Crippen LogP contribution in [-0.4, -0.2) is 52.0 Å². The number of hydrogen-bond acceptors (Lipinski definition) is 2. The Labute approximate surface area is 124 Å². The minimum Gasteiger partial charge on any atom is -0.491 e. The Kier molecular flexibility index (Phi) is 4.31. The second-order valence-electron chi connectivity index (χ2n) is 6.30. The Balaban J connectivity index is 2.00. The fourth-order valence-electron chi connectivity index (χ4n) is 2.44. The van der Waals surface area contributed by atoms with Crippen LogP contribution in [0.5, 0.6) is 5.75 Å². The van der Waals surface area contributed by atoms with E-state index in [0.29, 0.717) is 22.4 Å². The summed E-state index contributed by atoms with van der Waals surface area (Å²) >= 11 is 12.0. The molecule has 1 aromatic carbocycles. The van der Waals surface area contributed by atoms with Crippen molar-refractivity contribution in [1.29, 1.82) is 0 Å². The van der Waals surface area contributed by atoms with Crippen LogP contribution >= 0.6 is 23.2 Å². The molecule has 0 amide bonds. The summed E-state index contributed by atoms with van der Waals surface area (Å²) in [5.41, 5.74) is 0.0845. The lowest BCUT2D eigenvalue weighted by Gasteiger charge is -2.44. The fraction of sp³-hybridized carbons (Fsp3) is 0.571. The fourth-order valence-corrected chi connectivity index (χ4v) is 2.90. The molecule has 1 aromatic rings. The van der Waals surface area contributed by atoms with Gasteiger partial charge in [0.1, 0.15) is 12.4 Å². The maximum atomic E-state index is 6.11. The highest BCUT2D eigenvalue weighted by Crippen LogP contribution is 2.33. The standard InChI is InChI=1S/C14H20Cl2NO2/c1-17(2,3)7-14(8-18-9-14)10-19-13-5-4-11(15)6-12(13)16/h4-6H,7-10H2,1-3H3/q+1. The van der Waals surface area contributed by atoms with E-state index in [1.54, 1.807) is 12.1 Å². The normalized spacial score (nSPS) is 17.9. The van der Waals surface area contributed by atoms with Crippen LogP contribution < -0.4 is 4.74 Å². The quantitative estimate of drug-likeness (QED) is 0.778. The molecule has 0 radical (unpaired) electrons. The smallest absolute Gasteiger partial charge is 0.138 e.